The summed E-state index contributed by atoms with van der Waals surface area (Å²) in [5.74, 6) is 1.29. The largest absolute Gasteiger partial charge is 0.477 e. The van der Waals surface area contributed by atoms with Crippen LogP contribution in [0.2, 0.25) is 0 Å². The Bertz CT molecular complexity index is 386. The zero-order valence-electron chi connectivity index (χ0n) is 11.3. The minimum atomic E-state index is -0.190. The normalized spacial score (nSPS) is 11.4. The van der Waals surface area contributed by atoms with Crippen molar-refractivity contribution in [2.75, 3.05) is 25.6 Å². The van der Waals surface area contributed by atoms with Gasteiger partial charge in [-0.05, 0) is 36.7 Å². The lowest BCUT2D eigenvalue weighted by atomic mass is 10.1. The average Bonchev–Trinajstić information content (AvgIpc) is 2.34. The van der Waals surface area contributed by atoms with E-state index >= 15 is 0 Å². The predicted octanol–water partition coefficient (Wildman–Crippen LogP) is 2.86. The van der Waals surface area contributed by atoms with Crippen molar-refractivity contribution >= 4 is 21.7 Å². The number of nitrogens with zero attached hydrogens (tertiary/aromatic N) is 2. The molecule has 0 fully saturated rings. The molecule has 0 unspecified atom stereocenters. The van der Waals surface area contributed by atoms with E-state index in [2.05, 4.69) is 31.2 Å². The molecule has 18 heavy (non-hydrogen) atoms. The van der Waals surface area contributed by atoms with Crippen molar-refractivity contribution in [1.82, 2.24) is 9.97 Å². The Balaban J connectivity index is 2.60. The zero-order chi connectivity index (χ0) is 13.6. The summed E-state index contributed by atoms with van der Waals surface area (Å²) in [6, 6.07) is 0. The lowest BCUT2D eigenvalue weighted by molar-refractivity contribution is 0.00501. The Morgan fingerprint density at radius 2 is 2.11 bits per heavy atom. The summed E-state index contributed by atoms with van der Waals surface area (Å²) in [4.78, 5) is 8.23. The van der Waals surface area contributed by atoms with Crippen LogP contribution in [0.5, 0.6) is 5.88 Å². The molecule has 1 heterocycles. The molecule has 1 aromatic rings. The summed E-state index contributed by atoms with van der Waals surface area (Å²) in [6.07, 6.45) is 2.27. The molecule has 0 aliphatic rings. The summed E-state index contributed by atoms with van der Waals surface area (Å²) >= 11 is 3.44. The van der Waals surface area contributed by atoms with Crippen molar-refractivity contribution in [2.45, 2.75) is 32.8 Å². The molecule has 0 aliphatic carbocycles. The van der Waals surface area contributed by atoms with Crippen LogP contribution in [-0.2, 0) is 4.74 Å². The standard InChI is InChI=1S/C12H20BrN3O2/c1-5-14-10-9(13)11(16-8-15-10)18-7-6-12(2,3)17-4/h8H,5-7H2,1-4H3,(H,14,15,16). The van der Waals surface area contributed by atoms with Crippen molar-refractivity contribution in [3.05, 3.63) is 10.8 Å². The lowest BCUT2D eigenvalue weighted by Gasteiger charge is -2.22. The van der Waals surface area contributed by atoms with Gasteiger partial charge in [0, 0.05) is 20.1 Å². The zero-order valence-corrected chi connectivity index (χ0v) is 12.9. The van der Waals surface area contributed by atoms with Gasteiger partial charge in [0.05, 0.1) is 12.2 Å². The molecular formula is C12H20BrN3O2. The lowest BCUT2D eigenvalue weighted by Crippen LogP contribution is -2.25. The highest BCUT2D eigenvalue weighted by Crippen LogP contribution is 2.28. The van der Waals surface area contributed by atoms with E-state index < -0.39 is 0 Å². The van der Waals surface area contributed by atoms with E-state index in [9.17, 15) is 0 Å². The van der Waals surface area contributed by atoms with Crippen LogP contribution in [0.1, 0.15) is 27.2 Å². The monoisotopic (exact) mass is 317 g/mol. The molecular weight excluding hydrogens is 298 g/mol. The molecule has 1 rings (SSSR count). The van der Waals surface area contributed by atoms with Gasteiger partial charge in [-0.3, -0.25) is 0 Å². The molecule has 0 aliphatic heterocycles. The first-order valence-corrected chi connectivity index (χ1v) is 6.71. The highest BCUT2D eigenvalue weighted by molar-refractivity contribution is 9.10. The third-order valence-corrected chi connectivity index (χ3v) is 3.31. The molecule has 102 valence electrons. The minimum Gasteiger partial charge on any atom is -0.477 e. The van der Waals surface area contributed by atoms with Crippen LogP contribution in [-0.4, -0.2) is 35.8 Å². The topological polar surface area (TPSA) is 56.3 Å². The van der Waals surface area contributed by atoms with Gasteiger partial charge in [0.1, 0.15) is 16.6 Å². The average molecular weight is 318 g/mol. The summed E-state index contributed by atoms with van der Waals surface area (Å²) in [5, 5.41) is 3.13. The number of halogens is 1. The number of ether oxygens (including phenoxy) is 2. The second kappa shape index (κ2) is 6.89. The SMILES string of the molecule is CCNc1ncnc(OCCC(C)(C)OC)c1Br. The third kappa shape index (κ3) is 4.42. The Kier molecular flexibility index (Phi) is 5.81. The molecule has 1 aromatic heterocycles. The number of aromatic nitrogens is 2. The van der Waals surface area contributed by atoms with E-state index in [1.54, 1.807) is 7.11 Å². The first-order chi connectivity index (χ1) is 8.50. The summed E-state index contributed by atoms with van der Waals surface area (Å²) in [6.45, 7) is 7.40. The van der Waals surface area contributed by atoms with Crippen molar-refractivity contribution in [3.8, 4) is 5.88 Å². The van der Waals surface area contributed by atoms with E-state index in [0.29, 0.717) is 12.5 Å². The first kappa shape index (κ1) is 15.2. The van der Waals surface area contributed by atoms with Gasteiger partial charge in [-0.1, -0.05) is 0 Å². The van der Waals surface area contributed by atoms with Gasteiger partial charge in [-0.25, -0.2) is 9.97 Å². The number of rotatable bonds is 7. The molecule has 5 nitrogen and oxygen atoms in total. The van der Waals surface area contributed by atoms with Crippen LogP contribution in [0.4, 0.5) is 5.82 Å². The van der Waals surface area contributed by atoms with Crippen LogP contribution in [0.25, 0.3) is 0 Å². The number of hydrogen-bond donors (Lipinski definition) is 1. The van der Waals surface area contributed by atoms with Gasteiger partial charge in [0.25, 0.3) is 0 Å². The van der Waals surface area contributed by atoms with Crippen molar-refractivity contribution in [2.24, 2.45) is 0 Å². The van der Waals surface area contributed by atoms with Gasteiger partial charge in [0.2, 0.25) is 5.88 Å². The molecule has 0 bridgehead atoms. The van der Waals surface area contributed by atoms with E-state index in [4.69, 9.17) is 9.47 Å². The molecule has 0 atom stereocenters. The van der Waals surface area contributed by atoms with Crippen molar-refractivity contribution in [1.29, 1.82) is 0 Å². The van der Waals surface area contributed by atoms with Crippen LogP contribution in [0.3, 0.4) is 0 Å². The maximum absolute atomic E-state index is 5.64. The Morgan fingerprint density at radius 3 is 2.72 bits per heavy atom. The molecule has 0 saturated carbocycles. The highest BCUT2D eigenvalue weighted by atomic mass is 79.9. The summed E-state index contributed by atoms with van der Waals surface area (Å²) in [7, 11) is 1.70. The van der Waals surface area contributed by atoms with E-state index in [-0.39, 0.29) is 5.60 Å². The van der Waals surface area contributed by atoms with Crippen molar-refractivity contribution < 1.29 is 9.47 Å². The van der Waals surface area contributed by atoms with Crippen molar-refractivity contribution in [3.63, 3.8) is 0 Å². The Morgan fingerprint density at radius 1 is 1.39 bits per heavy atom. The van der Waals surface area contributed by atoms with Crippen LogP contribution >= 0.6 is 15.9 Å². The van der Waals surface area contributed by atoms with Gasteiger partial charge in [-0.2, -0.15) is 0 Å². The highest BCUT2D eigenvalue weighted by Gasteiger charge is 2.17. The van der Waals surface area contributed by atoms with Crippen LogP contribution < -0.4 is 10.1 Å². The second-order valence-corrected chi connectivity index (χ2v) is 5.23. The predicted molar refractivity (Wildman–Crippen MR) is 75.1 cm³/mol. The fraction of sp³-hybridized carbons (Fsp3) is 0.667. The first-order valence-electron chi connectivity index (χ1n) is 5.92. The fourth-order valence-corrected chi connectivity index (χ4v) is 1.70. The van der Waals surface area contributed by atoms with Gasteiger partial charge in [0.15, 0.2) is 0 Å². The minimum absolute atomic E-state index is 0.190. The maximum atomic E-state index is 5.64. The van der Waals surface area contributed by atoms with E-state index in [0.717, 1.165) is 23.3 Å². The molecule has 1 N–H and O–H groups in total. The van der Waals surface area contributed by atoms with E-state index in [1.165, 1.54) is 6.33 Å². The number of anilines is 1. The molecule has 0 saturated heterocycles. The summed E-state index contributed by atoms with van der Waals surface area (Å²) in [5.41, 5.74) is -0.190. The van der Waals surface area contributed by atoms with Gasteiger partial charge < -0.3 is 14.8 Å². The molecule has 0 aromatic carbocycles. The van der Waals surface area contributed by atoms with Crippen LogP contribution in [0, 0.1) is 0 Å². The Hall–Kier alpha value is -0.880. The molecule has 0 radical (unpaired) electrons. The second-order valence-electron chi connectivity index (χ2n) is 4.43. The smallest absolute Gasteiger partial charge is 0.233 e. The molecule has 0 spiro atoms. The third-order valence-electron chi connectivity index (χ3n) is 2.60. The Labute approximate surface area is 116 Å². The van der Waals surface area contributed by atoms with Gasteiger partial charge in [-0.15, -0.1) is 0 Å². The fourth-order valence-electron chi connectivity index (χ4n) is 1.24. The number of hydrogen-bond acceptors (Lipinski definition) is 5. The number of methoxy groups -OCH3 is 1. The van der Waals surface area contributed by atoms with Crippen LogP contribution in [0.15, 0.2) is 10.8 Å². The number of nitrogens with one attached hydrogen (secondary N) is 1. The maximum Gasteiger partial charge on any atom is 0.233 e. The van der Waals surface area contributed by atoms with E-state index in [1.807, 2.05) is 20.8 Å². The van der Waals surface area contributed by atoms with Gasteiger partial charge >= 0.3 is 0 Å². The quantitative estimate of drug-likeness (QED) is 0.838. The summed E-state index contributed by atoms with van der Waals surface area (Å²) < 4.78 is 11.7. The molecule has 0 amide bonds. The molecule has 6 heteroatoms.